The Kier molecular flexibility index (Phi) is 6.09. The third-order valence-corrected chi connectivity index (χ3v) is 6.00. The summed E-state index contributed by atoms with van der Waals surface area (Å²) in [5.74, 6) is -1.78. The largest absolute Gasteiger partial charge is 0.545 e. The van der Waals surface area contributed by atoms with Gasteiger partial charge in [0, 0.05) is 22.0 Å². The van der Waals surface area contributed by atoms with Crippen LogP contribution in [-0.4, -0.2) is 20.3 Å². The number of nitrogens with one attached hydrogen (secondary N) is 2. The first kappa shape index (κ1) is 21.4. The first-order valence-electron chi connectivity index (χ1n) is 8.67. The lowest BCUT2D eigenvalue weighted by atomic mass is 10.1. The van der Waals surface area contributed by atoms with Crippen LogP contribution in [0.5, 0.6) is 0 Å². The van der Waals surface area contributed by atoms with E-state index in [4.69, 9.17) is 11.6 Å². The number of aryl methyl sites for hydroxylation is 1. The van der Waals surface area contributed by atoms with Gasteiger partial charge in [0.2, 0.25) is 0 Å². The van der Waals surface area contributed by atoms with E-state index in [2.05, 4.69) is 10.0 Å². The van der Waals surface area contributed by atoms with Crippen molar-refractivity contribution < 1.29 is 23.1 Å². The average Bonchev–Trinajstić information content (AvgIpc) is 2.69. The van der Waals surface area contributed by atoms with Gasteiger partial charge in [-0.2, -0.15) is 0 Å². The molecule has 154 valence electrons. The smallest absolute Gasteiger partial charge is 0.262 e. The van der Waals surface area contributed by atoms with Crippen LogP contribution in [0.1, 0.15) is 26.3 Å². The predicted octanol–water partition coefficient (Wildman–Crippen LogP) is 3.07. The standard InChI is InChI=1S/C21H17ClN2O5S/c1-13-12-15(20(25)23-17-7-2-14(3-8-17)21(26)27)4-11-19(13)30(28,29)24-18-9-5-16(22)6-10-18/h2-12,24H,1H3,(H,23,25)(H,26,27)/p-1. The summed E-state index contributed by atoms with van der Waals surface area (Å²) in [7, 11) is -3.86. The summed E-state index contributed by atoms with van der Waals surface area (Å²) in [6.07, 6.45) is 0. The second-order valence-corrected chi connectivity index (χ2v) is 8.50. The molecule has 0 heterocycles. The Balaban J connectivity index is 1.77. The van der Waals surface area contributed by atoms with Crippen LogP contribution in [0.2, 0.25) is 5.02 Å². The minimum absolute atomic E-state index is 0.00779. The molecule has 7 nitrogen and oxygen atoms in total. The Morgan fingerprint density at radius 1 is 0.867 bits per heavy atom. The number of hydrogen-bond acceptors (Lipinski definition) is 5. The Labute approximate surface area is 178 Å². The number of sulfonamides is 1. The molecule has 0 fully saturated rings. The molecule has 3 aromatic rings. The lowest BCUT2D eigenvalue weighted by molar-refractivity contribution is -0.255. The molecule has 0 saturated carbocycles. The van der Waals surface area contributed by atoms with Gasteiger partial charge in [0.25, 0.3) is 15.9 Å². The molecular weight excluding hydrogens is 428 g/mol. The lowest BCUT2D eigenvalue weighted by Gasteiger charge is -2.12. The Morgan fingerprint density at radius 3 is 2.00 bits per heavy atom. The third kappa shape index (κ3) is 4.97. The number of carboxylic acids is 1. The Morgan fingerprint density at radius 2 is 1.43 bits per heavy atom. The number of anilines is 2. The monoisotopic (exact) mass is 443 g/mol. The van der Waals surface area contributed by atoms with Crippen LogP contribution in [0.15, 0.2) is 71.6 Å². The molecule has 3 aromatic carbocycles. The predicted molar refractivity (Wildman–Crippen MR) is 112 cm³/mol. The van der Waals surface area contributed by atoms with Crippen LogP contribution in [0.4, 0.5) is 11.4 Å². The normalized spacial score (nSPS) is 11.0. The SMILES string of the molecule is Cc1cc(C(=O)Nc2ccc(C(=O)[O-])cc2)ccc1S(=O)(=O)Nc1ccc(Cl)cc1. The van der Waals surface area contributed by atoms with Gasteiger partial charge >= 0.3 is 0 Å². The van der Waals surface area contributed by atoms with Crippen LogP contribution < -0.4 is 15.1 Å². The van der Waals surface area contributed by atoms with Crippen molar-refractivity contribution in [2.45, 2.75) is 11.8 Å². The highest BCUT2D eigenvalue weighted by molar-refractivity contribution is 7.92. The van der Waals surface area contributed by atoms with Crippen LogP contribution in [0.3, 0.4) is 0 Å². The molecular formula is C21H16ClN2O5S-. The van der Waals surface area contributed by atoms with Gasteiger partial charge in [-0.3, -0.25) is 9.52 Å². The molecule has 0 aromatic heterocycles. The number of carbonyl (C=O) groups excluding carboxylic acids is 2. The van der Waals surface area contributed by atoms with Gasteiger partial charge in [0.1, 0.15) is 0 Å². The summed E-state index contributed by atoms with van der Waals surface area (Å²) in [4.78, 5) is 23.3. The Bertz CT molecular complexity index is 1210. The van der Waals surface area contributed by atoms with Gasteiger partial charge in [0.15, 0.2) is 0 Å². The summed E-state index contributed by atoms with van der Waals surface area (Å²) in [5, 5.41) is 13.9. The summed E-state index contributed by atoms with van der Waals surface area (Å²) in [6.45, 7) is 1.59. The highest BCUT2D eigenvalue weighted by atomic mass is 35.5. The van der Waals surface area contributed by atoms with Crippen LogP contribution in [0.25, 0.3) is 0 Å². The number of hydrogen-bond donors (Lipinski definition) is 2. The highest BCUT2D eigenvalue weighted by Gasteiger charge is 2.18. The number of amides is 1. The second kappa shape index (κ2) is 8.56. The zero-order valence-corrected chi connectivity index (χ0v) is 17.3. The molecule has 0 unspecified atom stereocenters. The number of benzene rings is 3. The molecule has 3 rings (SSSR count). The van der Waals surface area contributed by atoms with Gasteiger partial charge < -0.3 is 15.2 Å². The third-order valence-electron chi connectivity index (χ3n) is 4.20. The van der Waals surface area contributed by atoms with E-state index in [1.54, 1.807) is 31.2 Å². The Hall–Kier alpha value is -3.36. The molecule has 0 atom stereocenters. The summed E-state index contributed by atoms with van der Waals surface area (Å²) < 4.78 is 27.8. The highest BCUT2D eigenvalue weighted by Crippen LogP contribution is 2.22. The maximum Gasteiger partial charge on any atom is 0.262 e. The fourth-order valence-corrected chi connectivity index (χ4v) is 4.13. The van der Waals surface area contributed by atoms with Crippen molar-refractivity contribution in [3.63, 3.8) is 0 Å². The quantitative estimate of drug-likeness (QED) is 0.607. The van der Waals surface area contributed by atoms with Gasteiger partial charge in [-0.25, -0.2) is 8.42 Å². The van der Waals surface area contributed by atoms with Crippen molar-refractivity contribution in [3.05, 3.63) is 88.4 Å². The molecule has 0 bridgehead atoms. The fraction of sp³-hybridized carbons (Fsp3) is 0.0476. The maximum absolute atomic E-state index is 12.7. The first-order valence-corrected chi connectivity index (χ1v) is 10.5. The summed E-state index contributed by atoms with van der Waals surface area (Å²) in [6, 6.07) is 15.9. The number of halogens is 1. The molecule has 2 N–H and O–H groups in total. The molecule has 0 aliphatic rings. The first-order chi connectivity index (χ1) is 14.2. The number of rotatable bonds is 6. The summed E-state index contributed by atoms with van der Waals surface area (Å²) in [5.41, 5.74) is 1.38. The van der Waals surface area contributed by atoms with Crippen molar-refractivity contribution in [2.24, 2.45) is 0 Å². The van der Waals surface area contributed by atoms with Crippen molar-refractivity contribution in [1.29, 1.82) is 0 Å². The molecule has 0 saturated heterocycles. The maximum atomic E-state index is 12.7. The minimum Gasteiger partial charge on any atom is -0.545 e. The van der Waals surface area contributed by atoms with E-state index in [-0.39, 0.29) is 16.0 Å². The van der Waals surface area contributed by atoms with E-state index in [0.29, 0.717) is 22.0 Å². The van der Waals surface area contributed by atoms with Crippen molar-refractivity contribution in [2.75, 3.05) is 10.0 Å². The molecule has 0 aliphatic carbocycles. The zero-order chi connectivity index (χ0) is 21.9. The van der Waals surface area contributed by atoms with Crippen LogP contribution >= 0.6 is 11.6 Å². The van der Waals surface area contributed by atoms with Gasteiger partial charge in [-0.05, 0) is 72.6 Å². The lowest BCUT2D eigenvalue weighted by Crippen LogP contribution is -2.22. The number of aromatic carboxylic acids is 1. The van der Waals surface area contributed by atoms with E-state index >= 15 is 0 Å². The van der Waals surface area contributed by atoms with Gasteiger partial charge in [0.05, 0.1) is 10.9 Å². The number of carboxylic acid groups (broad SMARTS) is 1. The second-order valence-electron chi connectivity index (χ2n) is 6.41. The van der Waals surface area contributed by atoms with Gasteiger partial charge in [-0.1, -0.05) is 23.7 Å². The average molecular weight is 444 g/mol. The molecule has 9 heteroatoms. The van der Waals surface area contributed by atoms with Crippen molar-refractivity contribution >= 4 is 44.9 Å². The van der Waals surface area contributed by atoms with E-state index in [9.17, 15) is 23.1 Å². The molecule has 30 heavy (non-hydrogen) atoms. The van der Waals surface area contributed by atoms with Crippen LogP contribution in [0, 0.1) is 6.92 Å². The van der Waals surface area contributed by atoms with E-state index < -0.39 is 21.9 Å². The minimum atomic E-state index is -3.86. The number of carbonyl (C=O) groups is 2. The molecule has 0 radical (unpaired) electrons. The van der Waals surface area contributed by atoms with Crippen LogP contribution in [-0.2, 0) is 10.0 Å². The van der Waals surface area contributed by atoms with Crippen molar-refractivity contribution in [3.8, 4) is 0 Å². The topological polar surface area (TPSA) is 115 Å². The fourth-order valence-electron chi connectivity index (χ4n) is 2.71. The molecule has 1 amide bonds. The van der Waals surface area contributed by atoms with Gasteiger partial charge in [-0.15, -0.1) is 0 Å². The summed E-state index contributed by atoms with van der Waals surface area (Å²) >= 11 is 5.81. The van der Waals surface area contributed by atoms with E-state index in [0.717, 1.165) is 0 Å². The molecule has 0 aliphatic heterocycles. The van der Waals surface area contributed by atoms with E-state index in [1.165, 1.54) is 42.5 Å². The zero-order valence-electron chi connectivity index (χ0n) is 15.7. The molecule has 0 spiro atoms. The van der Waals surface area contributed by atoms with E-state index in [1.807, 2.05) is 0 Å². The van der Waals surface area contributed by atoms with Crippen molar-refractivity contribution in [1.82, 2.24) is 0 Å².